The molecule has 2 aliphatic rings. The van der Waals surface area contributed by atoms with Crippen LogP contribution in [0, 0.1) is 0 Å². The SMILES string of the molecule is CC(C)(C)OC(=O)N1CCN[C@H](C(=O)c2ccc(B3OC(C)(C)C(C)(C)O3)cc2)C1. The number of piperazine rings is 1. The highest BCUT2D eigenvalue weighted by molar-refractivity contribution is 6.62. The van der Waals surface area contributed by atoms with E-state index in [0.717, 1.165) is 5.46 Å². The van der Waals surface area contributed by atoms with E-state index in [1.807, 2.05) is 60.6 Å². The number of hydrogen-bond donors (Lipinski definition) is 1. The summed E-state index contributed by atoms with van der Waals surface area (Å²) < 4.78 is 17.6. The lowest BCUT2D eigenvalue weighted by Crippen LogP contribution is -2.56. The Hall–Kier alpha value is -1.90. The van der Waals surface area contributed by atoms with E-state index in [1.165, 1.54) is 0 Å². The third-order valence-electron chi connectivity index (χ3n) is 5.86. The molecule has 1 aromatic carbocycles. The molecule has 2 saturated heterocycles. The van der Waals surface area contributed by atoms with E-state index in [2.05, 4.69) is 5.32 Å². The number of nitrogens with zero attached hydrogens (tertiary/aromatic N) is 1. The van der Waals surface area contributed by atoms with Crippen molar-refractivity contribution in [1.29, 1.82) is 0 Å². The van der Waals surface area contributed by atoms with Crippen LogP contribution in [0.25, 0.3) is 0 Å². The number of nitrogens with one attached hydrogen (secondary N) is 1. The van der Waals surface area contributed by atoms with Crippen molar-refractivity contribution in [1.82, 2.24) is 10.2 Å². The van der Waals surface area contributed by atoms with Crippen LogP contribution in [0.15, 0.2) is 24.3 Å². The fraction of sp³-hybridized carbons (Fsp3) is 0.636. The van der Waals surface area contributed by atoms with Gasteiger partial charge < -0.3 is 24.3 Å². The predicted molar refractivity (Wildman–Crippen MR) is 116 cm³/mol. The van der Waals surface area contributed by atoms with Crippen molar-refractivity contribution in [3.63, 3.8) is 0 Å². The van der Waals surface area contributed by atoms with Crippen LogP contribution in [-0.4, -0.2) is 66.4 Å². The summed E-state index contributed by atoms with van der Waals surface area (Å²) >= 11 is 0. The van der Waals surface area contributed by atoms with E-state index in [0.29, 0.717) is 18.7 Å². The lowest BCUT2D eigenvalue weighted by molar-refractivity contribution is 0.00578. The monoisotopic (exact) mass is 416 g/mol. The zero-order valence-electron chi connectivity index (χ0n) is 19.1. The second-order valence-electron chi connectivity index (χ2n) is 10.0. The molecule has 0 unspecified atom stereocenters. The molecule has 164 valence electrons. The average molecular weight is 416 g/mol. The molecule has 2 fully saturated rings. The molecule has 2 heterocycles. The van der Waals surface area contributed by atoms with Gasteiger partial charge in [-0.15, -0.1) is 0 Å². The first-order valence-electron chi connectivity index (χ1n) is 10.5. The molecular weight excluding hydrogens is 383 g/mol. The van der Waals surface area contributed by atoms with Crippen LogP contribution >= 0.6 is 0 Å². The van der Waals surface area contributed by atoms with Crippen molar-refractivity contribution < 1.29 is 23.6 Å². The van der Waals surface area contributed by atoms with Gasteiger partial charge in [-0.05, 0) is 53.9 Å². The number of rotatable bonds is 3. The summed E-state index contributed by atoms with van der Waals surface area (Å²) in [4.78, 5) is 26.9. The molecule has 1 N–H and O–H groups in total. The van der Waals surface area contributed by atoms with Gasteiger partial charge in [0.2, 0.25) is 0 Å². The summed E-state index contributed by atoms with van der Waals surface area (Å²) in [6, 6.07) is 6.84. The molecule has 0 aliphatic carbocycles. The quantitative estimate of drug-likeness (QED) is 0.602. The van der Waals surface area contributed by atoms with Gasteiger partial charge >= 0.3 is 13.2 Å². The van der Waals surface area contributed by atoms with E-state index >= 15 is 0 Å². The Kier molecular flexibility index (Phi) is 6.06. The second-order valence-corrected chi connectivity index (χ2v) is 10.0. The second kappa shape index (κ2) is 7.98. The topological polar surface area (TPSA) is 77.1 Å². The van der Waals surface area contributed by atoms with Gasteiger partial charge in [-0.2, -0.15) is 0 Å². The number of carbonyl (C=O) groups excluding carboxylic acids is 2. The van der Waals surface area contributed by atoms with Crippen LogP contribution in [0.1, 0.15) is 58.8 Å². The molecule has 0 aromatic heterocycles. The van der Waals surface area contributed by atoms with E-state index in [1.54, 1.807) is 17.0 Å². The number of benzene rings is 1. The highest BCUT2D eigenvalue weighted by Crippen LogP contribution is 2.36. The number of ether oxygens (including phenoxy) is 1. The Labute approximate surface area is 179 Å². The van der Waals surface area contributed by atoms with Gasteiger partial charge in [-0.3, -0.25) is 4.79 Å². The molecule has 1 atom stereocenters. The smallest absolute Gasteiger partial charge is 0.444 e. The van der Waals surface area contributed by atoms with Crippen LogP contribution in [0.2, 0.25) is 0 Å². The lowest BCUT2D eigenvalue weighted by atomic mass is 9.78. The first-order valence-corrected chi connectivity index (χ1v) is 10.5. The van der Waals surface area contributed by atoms with E-state index in [-0.39, 0.29) is 12.3 Å². The molecule has 1 amide bonds. The van der Waals surface area contributed by atoms with Gasteiger partial charge in [-0.25, -0.2) is 4.79 Å². The minimum absolute atomic E-state index is 0.0521. The molecule has 0 radical (unpaired) electrons. The molecular formula is C22H33BN2O5. The average Bonchev–Trinajstić information content (AvgIpc) is 2.87. The Morgan fingerprint density at radius 3 is 2.20 bits per heavy atom. The van der Waals surface area contributed by atoms with E-state index in [9.17, 15) is 9.59 Å². The van der Waals surface area contributed by atoms with Gasteiger partial charge in [0.15, 0.2) is 5.78 Å². The summed E-state index contributed by atoms with van der Waals surface area (Å²) in [6.07, 6.45) is -0.391. The molecule has 1 aromatic rings. The van der Waals surface area contributed by atoms with Gasteiger partial charge in [0.05, 0.1) is 17.2 Å². The zero-order chi connectivity index (χ0) is 22.3. The highest BCUT2D eigenvalue weighted by atomic mass is 16.7. The van der Waals surface area contributed by atoms with Gasteiger partial charge in [0.1, 0.15) is 5.60 Å². The predicted octanol–water partition coefficient (Wildman–Crippen LogP) is 2.38. The molecule has 2 aliphatic heterocycles. The largest absolute Gasteiger partial charge is 0.494 e. The number of Topliss-reactive ketones (excluding diaryl/α,β-unsaturated/α-hetero) is 1. The van der Waals surface area contributed by atoms with Crippen molar-refractivity contribution in [2.45, 2.75) is 71.3 Å². The maximum absolute atomic E-state index is 13.0. The summed E-state index contributed by atoms with van der Waals surface area (Å²) in [5.41, 5.74) is 0.0632. The first kappa shape index (κ1) is 22.8. The van der Waals surface area contributed by atoms with Crippen LogP contribution in [-0.2, 0) is 14.0 Å². The highest BCUT2D eigenvalue weighted by Gasteiger charge is 2.51. The van der Waals surface area contributed by atoms with Gasteiger partial charge in [0, 0.05) is 25.2 Å². The summed E-state index contributed by atoms with van der Waals surface area (Å²) in [7, 11) is -0.463. The van der Waals surface area contributed by atoms with E-state index < -0.39 is 36.1 Å². The Morgan fingerprint density at radius 1 is 1.10 bits per heavy atom. The van der Waals surface area contributed by atoms with Crippen molar-refractivity contribution in [2.75, 3.05) is 19.6 Å². The first-order chi connectivity index (χ1) is 13.8. The van der Waals surface area contributed by atoms with Crippen LogP contribution in [0.5, 0.6) is 0 Å². The van der Waals surface area contributed by atoms with Crippen LogP contribution in [0.3, 0.4) is 0 Å². The molecule has 3 rings (SSSR count). The third kappa shape index (κ3) is 4.87. The molecule has 0 spiro atoms. The molecule has 8 heteroatoms. The summed E-state index contributed by atoms with van der Waals surface area (Å²) in [6.45, 7) is 14.9. The fourth-order valence-corrected chi connectivity index (χ4v) is 3.40. The Balaban J connectivity index is 1.65. The van der Waals surface area contributed by atoms with E-state index in [4.69, 9.17) is 14.0 Å². The minimum Gasteiger partial charge on any atom is -0.444 e. The maximum Gasteiger partial charge on any atom is 0.494 e. The van der Waals surface area contributed by atoms with Crippen LogP contribution in [0.4, 0.5) is 4.79 Å². The van der Waals surface area contributed by atoms with Gasteiger partial charge in [0.25, 0.3) is 0 Å². The van der Waals surface area contributed by atoms with Crippen LogP contribution < -0.4 is 10.8 Å². The molecule has 0 bridgehead atoms. The van der Waals surface area contributed by atoms with Crippen molar-refractivity contribution in [3.8, 4) is 0 Å². The molecule has 30 heavy (non-hydrogen) atoms. The minimum atomic E-state index is -0.565. The van der Waals surface area contributed by atoms with Crippen molar-refractivity contribution >= 4 is 24.5 Å². The number of hydrogen-bond acceptors (Lipinski definition) is 6. The van der Waals surface area contributed by atoms with Gasteiger partial charge in [-0.1, -0.05) is 24.3 Å². The van der Waals surface area contributed by atoms with Crippen molar-refractivity contribution in [2.24, 2.45) is 0 Å². The number of amides is 1. The lowest BCUT2D eigenvalue weighted by Gasteiger charge is -2.34. The third-order valence-corrected chi connectivity index (χ3v) is 5.86. The van der Waals surface area contributed by atoms with Crippen molar-refractivity contribution in [3.05, 3.63) is 29.8 Å². The standard InChI is InChI=1S/C22H33BN2O5/c1-20(2,3)28-19(27)25-13-12-24-17(14-25)18(26)15-8-10-16(11-9-15)23-29-21(4,5)22(6,7)30-23/h8-11,17,24H,12-14H2,1-7H3/t17-/m0/s1. The number of carbonyl (C=O) groups is 2. The number of ketones is 1. The molecule has 7 nitrogen and oxygen atoms in total. The zero-order valence-corrected chi connectivity index (χ0v) is 19.1. The summed E-state index contributed by atoms with van der Waals surface area (Å²) in [5.74, 6) is -0.0521. The summed E-state index contributed by atoms with van der Waals surface area (Å²) in [5, 5.41) is 3.21. The Morgan fingerprint density at radius 2 is 1.67 bits per heavy atom. The molecule has 0 saturated carbocycles. The maximum atomic E-state index is 13.0. The normalized spacial score (nSPS) is 23.4. The Bertz CT molecular complexity index is 785. The fourth-order valence-electron chi connectivity index (χ4n) is 3.40.